The first-order chi connectivity index (χ1) is 21.1. The predicted molar refractivity (Wildman–Crippen MR) is 160 cm³/mol. The van der Waals surface area contributed by atoms with Crippen molar-refractivity contribution >= 4 is 11.7 Å². The molecular weight excluding hydrogens is 598 g/mol. The number of aliphatic hydroxyl groups is 5. The molecule has 3 fully saturated rings. The molecule has 3 aliphatic rings. The van der Waals surface area contributed by atoms with Crippen molar-refractivity contribution < 1.29 is 49.3 Å². The van der Waals surface area contributed by atoms with Gasteiger partial charge in [0.05, 0.1) is 43.9 Å². The summed E-state index contributed by atoms with van der Waals surface area (Å²) >= 11 is 0. The number of carbonyl (C=O) groups is 1. The van der Waals surface area contributed by atoms with E-state index in [1.165, 1.54) is 6.92 Å². The number of rotatable bonds is 13. The highest BCUT2D eigenvalue weighted by Crippen LogP contribution is 2.32. The lowest BCUT2D eigenvalue weighted by atomic mass is 9.83. The van der Waals surface area contributed by atoms with Gasteiger partial charge in [-0.25, -0.2) is 0 Å². The van der Waals surface area contributed by atoms with Crippen molar-refractivity contribution in [2.24, 2.45) is 39.4 Å². The lowest BCUT2D eigenvalue weighted by Gasteiger charge is -2.49. The monoisotopic (exact) mass is 651 g/mol. The van der Waals surface area contributed by atoms with Crippen LogP contribution in [0.1, 0.15) is 26.2 Å². The molecule has 1 aliphatic carbocycles. The maximum absolute atomic E-state index is 13.0. The lowest BCUT2D eigenvalue weighted by Crippen LogP contribution is -2.70. The van der Waals surface area contributed by atoms with E-state index in [4.69, 9.17) is 53.3 Å². The minimum Gasteiger partial charge on any atom is -0.388 e. The molecule has 1 saturated carbocycles. The molecule has 0 spiro atoms. The Hall–Kier alpha value is -1.66. The zero-order valence-electron chi connectivity index (χ0n) is 25.7. The molecule has 19 heteroatoms. The van der Waals surface area contributed by atoms with Gasteiger partial charge in [-0.1, -0.05) is 0 Å². The van der Waals surface area contributed by atoms with Crippen molar-refractivity contribution in [1.29, 1.82) is 0 Å². The molecule has 0 aromatic carbocycles. The Labute approximate surface area is 261 Å². The highest BCUT2D eigenvalue weighted by molar-refractivity contribution is 5.82. The number of nitrogens with one attached hydrogen (secondary N) is 2. The van der Waals surface area contributed by atoms with E-state index in [0.29, 0.717) is 12.8 Å². The largest absolute Gasteiger partial charge is 0.388 e. The van der Waals surface area contributed by atoms with E-state index in [0.717, 1.165) is 0 Å². The minimum atomic E-state index is -1.96. The van der Waals surface area contributed by atoms with Crippen LogP contribution in [0.25, 0.3) is 0 Å². The third kappa shape index (κ3) is 9.24. The second kappa shape index (κ2) is 16.4. The molecule has 0 bridgehead atoms. The number of amides is 1. The highest BCUT2D eigenvalue weighted by atomic mass is 16.7. The smallest absolute Gasteiger partial charge is 0.251 e. The molecule has 2 heterocycles. The van der Waals surface area contributed by atoms with E-state index >= 15 is 0 Å². The average molecular weight is 652 g/mol. The molecule has 19 N–H and O–H groups in total. The van der Waals surface area contributed by atoms with Crippen molar-refractivity contribution in [1.82, 2.24) is 10.6 Å². The number of hydrogen-bond acceptors (Lipinski definition) is 17. The second-order valence-electron chi connectivity index (χ2n) is 12.2. The maximum Gasteiger partial charge on any atom is 0.251 e. The van der Waals surface area contributed by atoms with E-state index in [9.17, 15) is 30.3 Å². The fraction of sp³-hybridized carbons (Fsp3) is 0.923. The number of likely N-dealkylation sites (N-methyl/N-ethyl adjacent to an activating group) is 1. The van der Waals surface area contributed by atoms with Crippen LogP contribution < -0.4 is 45.0 Å². The fourth-order valence-corrected chi connectivity index (χ4v) is 5.83. The molecule has 6 unspecified atom stereocenters. The van der Waals surface area contributed by atoms with Gasteiger partial charge in [0, 0.05) is 18.6 Å². The molecule has 0 aromatic heterocycles. The van der Waals surface area contributed by atoms with Crippen LogP contribution in [0.15, 0.2) is 4.99 Å². The molecule has 15 atom stereocenters. The number of carbonyl (C=O) groups excluding carboxylic acids is 1. The van der Waals surface area contributed by atoms with Gasteiger partial charge in [0.2, 0.25) is 0 Å². The molecule has 262 valence electrons. The van der Waals surface area contributed by atoms with Gasteiger partial charge in [0.25, 0.3) is 5.91 Å². The van der Waals surface area contributed by atoms with Gasteiger partial charge in [0.1, 0.15) is 42.0 Å². The van der Waals surface area contributed by atoms with Crippen LogP contribution in [0.5, 0.6) is 0 Å². The topological polar surface area (TPSA) is 348 Å². The first-order valence-electron chi connectivity index (χ1n) is 15.1. The number of ether oxygens (including phenoxy) is 4. The Balaban J connectivity index is 1.83. The molecule has 0 radical (unpaired) electrons. The quantitative estimate of drug-likeness (QED) is 0.0649. The van der Waals surface area contributed by atoms with Crippen LogP contribution in [-0.2, 0) is 23.7 Å². The van der Waals surface area contributed by atoms with Gasteiger partial charge in [-0.3, -0.25) is 9.79 Å². The summed E-state index contributed by atoms with van der Waals surface area (Å²) in [6, 6.07) is -4.53. The molecule has 45 heavy (non-hydrogen) atoms. The van der Waals surface area contributed by atoms with Crippen LogP contribution in [0.2, 0.25) is 0 Å². The Bertz CT molecular complexity index is 983. The van der Waals surface area contributed by atoms with E-state index in [2.05, 4.69) is 15.6 Å². The summed E-state index contributed by atoms with van der Waals surface area (Å²) in [7, 11) is 1.54. The van der Waals surface area contributed by atoms with Crippen LogP contribution in [0, 0.1) is 0 Å². The van der Waals surface area contributed by atoms with Gasteiger partial charge in [-0.05, 0) is 33.2 Å². The average Bonchev–Trinajstić information content (AvgIpc) is 3.00. The molecule has 2 aliphatic heterocycles. The Kier molecular flexibility index (Phi) is 13.8. The van der Waals surface area contributed by atoms with Crippen molar-refractivity contribution in [2.75, 3.05) is 33.3 Å². The van der Waals surface area contributed by atoms with Crippen molar-refractivity contribution in [3.8, 4) is 0 Å². The van der Waals surface area contributed by atoms with E-state index in [1.54, 1.807) is 7.05 Å². The molecule has 1 amide bonds. The maximum atomic E-state index is 13.0. The Morgan fingerprint density at radius 2 is 1.76 bits per heavy atom. The number of aliphatic hydroxyl groups excluding tert-OH is 4. The van der Waals surface area contributed by atoms with Crippen LogP contribution in [0.4, 0.5) is 0 Å². The number of nitrogens with zero attached hydrogens (tertiary/aromatic N) is 1. The lowest BCUT2D eigenvalue weighted by molar-refractivity contribution is -0.307. The summed E-state index contributed by atoms with van der Waals surface area (Å²) in [5.41, 5.74) is 33.6. The minimum absolute atomic E-state index is 0.0530. The summed E-state index contributed by atoms with van der Waals surface area (Å²) < 4.78 is 23.8. The third-order valence-electron chi connectivity index (χ3n) is 8.58. The highest BCUT2D eigenvalue weighted by Gasteiger charge is 2.52. The molecule has 19 nitrogen and oxygen atoms in total. The predicted octanol–water partition coefficient (Wildman–Crippen LogP) is -7.45. The van der Waals surface area contributed by atoms with Crippen LogP contribution in [-0.4, -0.2) is 162 Å². The normalized spacial score (nSPS) is 41.7. The first kappa shape index (κ1) is 37.8. The Morgan fingerprint density at radius 3 is 2.38 bits per heavy atom. The standard InChI is InChI=1S/C26H53N9O10/c1-26(41)9-42-25(19(39)22(26)33-2)45-21-14(35-23(40)17(37)16(36)13(31)6-27)5-12(30)20(18(21)38)44-24-11(29)4-3-10(43-24)8-34-15(32)7-28/h10-14,16-22,24-25,33,36-39,41H,3-9,27-31H2,1-2H3,(H2,32,34)(H,35,40)/t10-,11?,12-,13-,14+,16-,17-,18?,19?,20?,21?,22+,24+,25+,26?/m0/s1. The van der Waals surface area contributed by atoms with Gasteiger partial charge >= 0.3 is 0 Å². The van der Waals surface area contributed by atoms with E-state index in [1.807, 2.05) is 0 Å². The summed E-state index contributed by atoms with van der Waals surface area (Å²) in [6.07, 6.45) is -10.8. The summed E-state index contributed by atoms with van der Waals surface area (Å²) in [6.45, 7) is 1.37. The second-order valence-corrected chi connectivity index (χ2v) is 12.2. The van der Waals surface area contributed by atoms with Gasteiger partial charge in [-0.15, -0.1) is 0 Å². The van der Waals surface area contributed by atoms with Crippen LogP contribution in [0.3, 0.4) is 0 Å². The zero-order chi connectivity index (χ0) is 33.6. The third-order valence-corrected chi connectivity index (χ3v) is 8.58. The fourth-order valence-electron chi connectivity index (χ4n) is 5.83. The van der Waals surface area contributed by atoms with Crippen molar-refractivity contribution in [3.05, 3.63) is 0 Å². The number of nitrogens with two attached hydrogens (primary N) is 6. The van der Waals surface area contributed by atoms with Gasteiger partial charge in [-0.2, -0.15) is 0 Å². The molecule has 3 rings (SSSR count). The van der Waals surface area contributed by atoms with Gasteiger partial charge < -0.3 is 89.5 Å². The molecule has 2 saturated heterocycles. The Morgan fingerprint density at radius 1 is 1.09 bits per heavy atom. The first-order valence-corrected chi connectivity index (χ1v) is 15.1. The van der Waals surface area contributed by atoms with Crippen molar-refractivity contribution in [3.63, 3.8) is 0 Å². The SMILES string of the molecule is CN[C@@H]1C(O)[C@@H](OC2C(O)C(O[C@H]3O[C@H](CN=C(N)CN)CCC3N)[C@@H](N)C[C@H]2NC(=O)[C@@H](O)[C@@H](O)[C@@H](N)CN)OCC1(C)O. The number of hydrogen-bond donors (Lipinski definition) is 13. The molecule has 0 aromatic rings. The summed E-state index contributed by atoms with van der Waals surface area (Å²) in [5.74, 6) is -0.761. The number of amidine groups is 1. The van der Waals surface area contributed by atoms with Crippen molar-refractivity contribution in [2.45, 2.75) is 117 Å². The number of aliphatic imine (C=N–C) groups is 1. The zero-order valence-corrected chi connectivity index (χ0v) is 25.7. The summed E-state index contributed by atoms with van der Waals surface area (Å²) in [4.78, 5) is 17.2. The van der Waals surface area contributed by atoms with Crippen LogP contribution >= 0.6 is 0 Å². The van der Waals surface area contributed by atoms with Gasteiger partial charge in [0.15, 0.2) is 18.7 Å². The summed E-state index contributed by atoms with van der Waals surface area (Å²) in [5, 5.41) is 59.3. The van der Waals surface area contributed by atoms with E-state index < -0.39 is 90.9 Å². The molecular formula is C26H53N9O10. The van der Waals surface area contributed by atoms with E-state index in [-0.39, 0.29) is 44.6 Å².